The number of ether oxygens (including phenoxy) is 3. The van der Waals surface area contributed by atoms with Crippen LogP contribution in [0.3, 0.4) is 0 Å². The number of benzene rings is 2. The van der Waals surface area contributed by atoms with Crippen LogP contribution in [0.4, 0.5) is 0 Å². The standard InChI is InChI=1S/C23H25NO4/c1-26-23(25)17-8-9-22-21(15-17)20(7-4-10-24-11-13-27-14-12-24)19-6-3-2-5-18(19)16-28-22/h2-3,5-9,15H,4,10-14,16H2,1H3/b20-7+. The maximum Gasteiger partial charge on any atom is 0.337 e. The molecule has 4 rings (SSSR count). The highest BCUT2D eigenvalue weighted by Crippen LogP contribution is 2.37. The molecule has 0 aromatic heterocycles. The third kappa shape index (κ3) is 3.96. The van der Waals surface area contributed by atoms with Crippen LogP contribution < -0.4 is 4.74 Å². The first-order chi connectivity index (χ1) is 13.8. The van der Waals surface area contributed by atoms with Gasteiger partial charge in [-0.2, -0.15) is 0 Å². The molecule has 2 aromatic carbocycles. The molecule has 0 radical (unpaired) electrons. The molecule has 0 spiro atoms. The number of carbonyl (C=O) groups excluding carboxylic acids is 1. The molecule has 28 heavy (non-hydrogen) atoms. The number of carbonyl (C=O) groups is 1. The van der Waals surface area contributed by atoms with Crippen LogP contribution >= 0.6 is 0 Å². The lowest BCUT2D eigenvalue weighted by Crippen LogP contribution is -2.36. The molecule has 5 nitrogen and oxygen atoms in total. The minimum absolute atomic E-state index is 0.340. The zero-order valence-corrected chi connectivity index (χ0v) is 16.1. The van der Waals surface area contributed by atoms with Gasteiger partial charge < -0.3 is 14.2 Å². The van der Waals surface area contributed by atoms with Crippen molar-refractivity contribution in [2.45, 2.75) is 13.0 Å². The van der Waals surface area contributed by atoms with E-state index in [0.29, 0.717) is 12.2 Å². The highest BCUT2D eigenvalue weighted by molar-refractivity contribution is 5.93. The second-order valence-corrected chi connectivity index (χ2v) is 7.01. The van der Waals surface area contributed by atoms with Crippen molar-refractivity contribution in [3.8, 4) is 5.75 Å². The minimum atomic E-state index is -0.340. The van der Waals surface area contributed by atoms with Crippen molar-refractivity contribution in [1.29, 1.82) is 0 Å². The second-order valence-electron chi connectivity index (χ2n) is 7.01. The van der Waals surface area contributed by atoms with Crippen LogP contribution in [0.1, 0.15) is 33.5 Å². The quantitative estimate of drug-likeness (QED) is 0.761. The number of rotatable bonds is 4. The molecular weight excluding hydrogens is 354 g/mol. The molecule has 2 aliphatic heterocycles. The number of esters is 1. The second kappa shape index (κ2) is 8.59. The molecule has 1 saturated heterocycles. The molecule has 2 aromatic rings. The lowest BCUT2D eigenvalue weighted by atomic mass is 9.92. The maximum atomic E-state index is 12.1. The Morgan fingerprint density at radius 1 is 1.14 bits per heavy atom. The van der Waals surface area contributed by atoms with Gasteiger partial charge in [0, 0.05) is 25.2 Å². The number of hydrogen-bond donors (Lipinski definition) is 0. The summed E-state index contributed by atoms with van der Waals surface area (Å²) in [6, 6.07) is 13.8. The SMILES string of the molecule is COC(=O)c1ccc2c(c1)/C(=C/CCN1CCOCC1)c1ccccc1CO2. The molecule has 0 saturated carbocycles. The summed E-state index contributed by atoms with van der Waals surface area (Å²) in [6.07, 6.45) is 3.19. The summed E-state index contributed by atoms with van der Waals surface area (Å²) >= 11 is 0. The summed E-state index contributed by atoms with van der Waals surface area (Å²) < 4.78 is 16.4. The fraction of sp³-hybridized carbons (Fsp3) is 0.348. The van der Waals surface area contributed by atoms with Gasteiger partial charge in [0.1, 0.15) is 12.4 Å². The summed E-state index contributed by atoms with van der Waals surface area (Å²) in [6.45, 7) is 5.07. The van der Waals surface area contributed by atoms with Crippen LogP contribution in [-0.4, -0.2) is 50.8 Å². The van der Waals surface area contributed by atoms with E-state index in [1.54, 1.807) is 6.07 Å². The van der Waals surface area contributed by atoms with Gasteiger partial charge >= 0.3 is 5.97 Å². The fourth-order valence-corrected chi connectivity index (χ4v) is 3.76. The smallest absolute Gasteiger partial charge is 0.337 e. The Morgan fingerprint density at radius 2 is 1.96 bits per heavy atom. The van der Waals surface area contributed by atoms with Gasteiger partial charge in [0.2, 0.25) is 0 Å². The summed E-state index contributed by atoms with van der Waals surface area (Å²) in [4.78, 5) is 14.5. The Kier molecular flexibility index (Phi) is 5.74. The molecule has 2 aliphatic rings. The molecule has 5 heteroatoms. The van der Waals surface area contributed by atoms with Crippen LogP contribution in [0, 0.1) is 0 Å². The summed E-state index contributed by atoms with van der Waals surface area (Å²) in [5.41, 5.74) is 4.89. The van der Waals surface area contributed by atoms with Gasteiger partial charge in [0.15, 0.2) is 0 Å². The molecule has 0 amide bonds. The highest BCUT2D eigenvalue weighted by Gasteiger charge is 2.21. The molecule has 0 aliphatic carbocycles. The fourth-order valence-electron chi connectivity index (χ4n) is 3.76. The molecule has 0 unspecified atom stereocenters. The normalized spacial score (nSPS) is 18.0. The lowest BCUT2D eigenvalue weighted by molar-refractivity contribution is 0.0387. The van der Waals surface area contributed by atoms with Crippen molar-refractivity contribution in [2.24, 2.45) is 0 Å². The van der Waals surface area contributed by atoms with Crippen LogP contribution in [0.5, 0.6) is 5.75 Å². The van der Waals surface area contributed by atoms with E-state index >= 15 is 0 Å². The van der Waals surface area contributed by atoms with Crippen LogP contribution in [0.25, 0.3) is 5.57 Å². The van der Waals surface area contributed by atoms with Crippen molar-refractivity contribution in [3.63, 3.8) is 0 Å². The van der Waals surface area contributed by atoms with Gasteiger partial charge in [-0.1, -0.05) is 30.3 Å². The zero-order chi connectivity index (χ0) is 19.3. The van der Waals surface area contributed by atoms with Gasteiger partial charge in [0.25, 0.3) is 0 Å². The Morgan fingerprint density at radius 3 is 2.79 bits per heavy atom. The number of methoxy groups -OCH3 is 1. The van der Waals surface area contributed by atoms with Crippen molar-refractivity contribution in [1.82, 2.24) is 4.90 Å². The lowest BCUT2D eigenvalue weighted by Gasteiger charge is -2.26. The molecule has 0 N–H and O–H groups in total. The largest absolute Gasteiger partial charge is 0.488 e. The predicted molar refractivity (Wildman–Crippen MR) is 108 cm³/mol. The summed E-state index contributed by atoms with van der Waals surface area (Å²) in [7, 11) is 1.40. The van der Waals surface area contributed by atoms with Crippen molar-refractivity contribution in [2.75, 3.05) is 40.0 Å². The average Bonchev–Trinajstić information content (AvgIpc) is 2.91. The third-order valence-electron chi connectivity index (χ3n) is 5.28. The number of nitrogens with zero attached hydrogens (tertiary/aromatic N) is 1. The number of morpholine rings is 1. The van der Waals surface area contributed by atoms with Crippen LogP contribution in [0.2, 0.25) is 0 Å². The van der Waals surface area contributed by atoms with E-state index in [1.807, 2.05) is 24.3 Å². The van der Waals surface area contributed by atoms with Crippen LogP contribution in [0.15, 0.2) is 48.5 Å². The first-order valence-electron chi connectivity index (χ1n) is 9.70. The van der Waals surface area contributed by atoms with E-state index in [-0.39, 0.29) is 5.97 Å². The number of fused-ring (bicyclic) bond motifs is 2. The van der Waals surface area contributed by atoms with Gasteiger partial charge in [-0.05, 0) is 41.3 Å². The van der Waals surface area contributed by atoms with E-state index in [1.165, 1.54) is 7.11 Å². The first kappa shape index (κ1) is 18.7. The Bertz CT molecular complexity index is 884. The average molecular weight is 379 g/mol. The Labute approximate surface area is 165 Å². The third-order valence-corrected chi connectivity index (χ3v) is 5.28. The highest BCUT2D eigenvalue weighted by atomic mass is 16.5. The molecule has 0 atom stereocenters. The van der Waals surface area contributed by atoms with Gasteiger partial charge in [0.05, 0.1) is 25.9 Å². The molecule has 2 heterocycles. The first-order valence-corrected chi connectivity index (χ1v) is 9.70. The molecule has 146 valence electrons. The maximum absolute atomic E-state index is 12.1. The Balaban J connectivity index is 1.69. The van der Waals surface area contributed by atoms with E-state index in [9.17, 15) is 4.79 Å². The molecule has 1 fully saturated rings. The minimum Gasteiger partial charge on any atom is -0.488 e. The van der Waals surface area contributed by atoms with Crippen molar-refractivity contribution < 1.29 is 19.0 Å². The summed E-state index contributed by atoms with van der Waals surface area (Å²) in [5.74, 6) is 0.453. The predicted octanol–water partition coefficient (Wildman–Crippen LogP) is 3.52. The van der Waals surface area contributed by atoms with Crippen LogP contribution in [-0.2, 0) is 16.1 Å². The number of hydrogen-bond acceptors (Lipinski definition) is 5. The van der Waals surface area contributed by atoms with Crippen molar-refractivity contribution in [3.05, 3.63) is 70.8 Å². The summed E-state index contributed by atoms with van der Waals surface area (Å²) in [5, 5.41) is 0. The van der Waals surface area contributed by atoms with E-state index in [4.69, 9.17) is 14.2 Å². The monoisotopic (exact) mass is 379 g/mol. The van der Waals surface area contributed by atoms with E-state index < -0.39 is 0 Å². The van der Waals surface area contributed by atoms with Gasteiger partial charge in [-0.15, -0.1) is 0 Å². The molecular formula is C23H25NO4. The Hall–Kier alpha value is -2.63. The molecule has 0 bridgehead atoms. The van der Waals surface area contributed by atoms with Gasteiger partial charge in [-0.25, -0.2) is 4.79 Å². The van der Waals surface area contributed by atoms with E-state index in [0.717, 1.165) is 67.3 Å². The van der Waals surface area contributed by atoms with Crippen molar-refractivity contribution >= 4 is 11.5 Å². The van der Waals surface area contributed by atoms with E-state index in [2.05, 4.69) is 23.1 Å². The topological polar surface area (TPSA) is 48.0 Å². The zero-order valence-electron chi connectivity index (χ0n) is 16.1. The van der Waals surface area contributed by atoms with Gasteiger partial charge in [-0.3, -0.25) is 4.90 Å².